The van der Waals surface area contributed by atoms with E-state index in [4.69, 9.17) is 5.10 Å². The molecule has 0 fully saturated rings. The fourth-order valence-corrected chi connectivity index (χ4v) is 4.97. The first kappa shape index (κ1) is 20.4. The lowest BCUT2D eigenvalue weighted by Gasteiger charge is -2.41. The van der Waals surface area contributed by atoms with E-state index < -0.39 is 11.5 Å². The normalized spacial score (nSPS) is 25.1. The summed E-state index contributed by atoms with van der Waals surface area (Å²) in [7, 11) is 0. The fraction of sp³-hybridized carbons (Fsp3) is 0.214. The number of carbonyl (C=O) groups excluding carboxylic acids is 1. The van der Waals surface area contributed by atoms with Gasteiger partial charge in [-0.05, 0) is 47.6 Å². The van der Waals surface area contributed by atoms with E-state index in [2.05, 4.69) is 13.0 Å². The van der Waals surface area contributed by atoms with Gasteiger partial charge >= 0.3 is 0 Å². The molecule has 1 aliphatic heterocycles. The number of para-hydroxylation sites is 1. The van der Waals surface area contributed by atoms with Gasteiger partial charge in [-0.3, -0.25) is 4.79 Å². The number of hydrazone groups is 1. The van der Waals surface area contributed by atoms with Gasteiger partial charge in [0.2, 0.25) is 0 Å². The van der Waals surface area contributed by atoms with E-state index in [0.29, 0.717) is 17.8 Å². The van der Waals surface area contributed by atoms with Gasteiger partial charge in [0, 0.05) is 0 Å². The second-order valence-corrected chi connectivity index (χ2v) is 8.44. The molecule has 0 saturated carbocycles. The highest BCUT2D eigenvalue weighted by Gasteiger charge is 2.60. The maximum atomic E-state index is 14.3. The molecule has 5 rings (SSSR count). The predicted octanol–water partition coefficient (Wildman–Crippen LogP) is 5.30. The van der Waals surface area contributed by atoms with Crippen LogP contribution in [0.5, 0.6) is 0 Å². The van der Waals surface area contributed by atoms with Gasteiger partial charge in [0.05, 0.1) is 17.5 Å². The van der Waals surface area contributed by atoms with Gasteiger partial charge in [0.1, 0.15) is 5.41 Å². The molecule has 1 spiro atoms. The van der Waals surface area contributed by atoms with E-state index in [0.717, 1.165) is 23.1 Å². The van der Waals surface area contributed by atoms with Gasteiger partial charge < -0.3 is 5.11 Å². The number of allylic oxidation sites excluding steroid dienone is 1. The number of carbonyl (C=O) groups is 1. The summed E-state index contributed by atoms with van der Waals surface area (Å²) in [6.07, 6.45) is 2.73. The van der Waals surface area contributed by atoms with Crippen LogP contribution in [0.2, 0.25) is 0 Å². The molecule has 0 radical (unpaired) electrons. The van der Waals surface area contributed by atoms with Crippen molar-refractivity contribution in [2.45, 2.75) is 25.9 Å². The van der Waals surface area contributed by atoms with Crippen LogP contribution in [0.4, 0.5) is 5.69 Å². The average Bonchev–Trinajstić information content (AvgIpc) is 3.16. The van der Waals surface area contributed by atoms with Crippen molar-refractivity contribution in [2.75, 3.05) is 5.01 Å². The number of rotatable bonds is 4. The lowest BCUT2D eigenvalue weighted by atomic mass is 9.61. The van der Waals surface area contributed by atoms with Crippen LogP contribution >= 0.6 is 0 Å². The van der Waals surface area contributed by atoms with Gasteiger partial charge in [-0.1, -0.05) is 91.9 Å². The zero-order valence-corrected chi connectivity index (χ0v) is 18.1. The first-order chi connectivity index (χ1) is 15.7. The Kier molecular flexibility index (Phi) is 5.24. The summed E-state index contributed by atoms with van der Waals surface area (Å²) in [6, 6.07) is 29.1. The molecule has 0 bridgehead atoms. The summed E-state index contributed by atoms with van der Waals surface area (Å²) in [5, 5.41) is 18.0. The SMILES string of the molecule is CC[C@H]1C=C(c2ccccc2)[C@@]2(C(=O)N(c3ccccc3)N=C2c2ccccc2)[C@@H](O)C1. The Labute approximate surface area is 188 Å². The number of hydrogen-bond donors (Lipinski definition) is 1. The Bertz CT molecular complexity index is 1170. The van der Waals surface area contributed by atoms with E-state index in [-0.39, 0.29) is 11.8 Å². The molecule has 3 atom stereocenters. The van der Waals surface area contributed by atoms with E-state index >= 15 is 0 Å². The zero-order chi connectivity index (χ0) is 22.1. The molecule has 1 amide bonds. The van der Waals surface area contributed by atoms with Crippen molar-refractivity contribution in [3.8, 4) is 0 Å². The molecule has 32 heavy (non-hydrogen) atoms. The Balaban J connectivity index is 1.78. The van der Waals surface area contributed by atoms with Gasteiger partial charge in [0.15, 0.2) is 0 Å². The summed E-state index contributed by atoms with van der Waals surface area (Å²) in [4.78, 5) is 14.3. The quantitative estimate of drug-likeness (QED) is 0.620. The number of aliphatic hydroxyl groups is 1. The minimum atomic E-state index is -1.26. The highest BCUT2D eigenvalue weighted by molar-refractivity contribution is 6.32. The van der Waals surface area contributed by atoms with Gasteiger partial charge in [-0.2, -0.15) is 10.1 Å². The summed E-state index contributed by atoms with van der Waals surface area (Å²) >= 11 is 0. The minimum Gasteiger partial charge on any atom is -0.391 e. The molecule has 160 valence electrons. The third-order valence-electron chi connectivity index (χ3n) is 6.61. The molecule has 0 unspecified atom stereocenters. The minimum absolute atomic E-state index is 0.196. The van der Waals surface area contributed by atoms with Crippen LogP contribution in [0.25, 0.3) is 5.57 Å². The van der Waals surface area contributed by atoms with Crippen molar-refractivity contribution in [1.29, 1.82) is 0 Å². The lowest BCUT2D eigenvalue weighted by molar-refractivity contribution is -0.126. The molecule has 3 aromatic rings. The highest BCUT2D eigenvalue weighted by atomic mass is 16.3. The summed E-state index contributed by atoms with van der Waals surface area (Å²) in [6.45, 7) is 2.12. The maximum Gasteiger partial charge on any atom is 0.266 e. The number of amides is 1. The third kappa shape index (κ3) is 3.10. The van der Waals surface area contributed by atoms with Crippen LogP contribution in [0.1, 0.15) is 30.9 Å². The molecule has 1 heterocycles. The van der Waals surface area contributed by atoms with Crippen LogP contribution in [0.15, 0.2) is 102 Å². The molecule has 0 saturated heterocycles. The largest absolute Gasteiger partial charge is 0.391 e. The predicted molar refractivity (Wildman–Crippen MR) is 128 cm³/mol. The van der Waals surface area contributed by atoms with E-state index in [1.807, 2.05) is 91.0 Å². The van der Waals surface area contributed by atoms with E-state index in [1.165, 1.54) is 5.01 Å². The standard InChI is InChI=1S/C28H26N2O2/c1-2-20-18-24(21-12-6-3-7-13-21)28(25(31)19-20)26(22-14-8-4-9-15-22)29-30(27(28)32)23-16-10-5-11-17-23/h3-18,20,25,31H,2,19H2,1H3/t20-,25-,28+/m0/s1. The Morgan fingerprint density at radius 3 is 2.06 bits per heavy atom. The van der Waals surface area contributed by atoms with Crippen LogP contribution in [0, 0.1) is 11.3 Å². The Morgan fingerprint density at radius 1 is 0.906 bits per heavy atom. The number of anilines is 1. The number of aliphatic hydroxyl groups excluding tert-OH is 1. The smallest absolute Gasteiger partial charge is 0.266 e. The van der Waals surface area contributed by atoms with Crippen molar-refractivity contribution < 1.29 is 9.90 Å². The first-order valence-corrected chi connectivity index (χ1v) is 11.2. The van der Waals surface area contributed by atoms with Crippen LogP contribution < -0.4 is 5.01 Å². The van der Waals surface area contributed by atoms with Gasteiger partial charge in [-0.15, -0.1) is 0 Å². The molecule has 4 nitrogen and oxygen atoms in total. The van der Waals surface area contributed by atoms with E-state index in [1.54, 1.807) is 0 Å². The first-order valence-electron chi connectivity index (χ1n) is 11.2. The van der Waals surface area contributed by atoms with Crippen molar-refractivity contribution in [1.82, 2.24) is 0 Å². The zero-order valence-electron chi connectivity index (χ0n) is 18.1. The van der Waals surface area contributed by atoms with Crippen molar-refractivity contribution >= 4 is 22.9 Å². The molecular formula is C28H26N2O2. The Morgan fingerprint density at radius 2 is 1.47 bits per heavy atom. The van der Waals surface area contributed by atoms with Gasteiger partial charge in [-0.25, -0.2) is 0 Å². The molecular weight excluding hydrogens is 396 g/mol. The summed E-state index contributed by atoms with van der Waals surface area (Å²) in [5.74, 6) is -0.0128. The maximum absolute atomic E-state index is 14.3. The number of hydrogen-bond acceptors (Lipinski definition) is 3. The van der Waals surface area contributed by atoms with Crippen molar-refractivity contribution in [3.63, 3.8) is 0 Å². The lowest BCUT2D eigenvalue weighted by Crippen LogP contribution is -2.52. The number of benzene rings is 3. The summed E-state index contributed by atoms with van der Waals surface area (Å²) < 4.78 is 0. The van der Waals surface area contributed by atoms with Crippen LogP contribution in [-0.4, -0.2) is 22.8 Å². The monoisotopic (exact) mass is 422 g/mol. The van der Waals surface area contributed by atoms with Crippen molar-refractivity contribution in [3.05, 3.63) is 108 Å². The second-order valence-electron chi connectivity index (χ2n) is 8.44. The molecule has 0 aromatic heterocycles. The topological polar surface area (TPSA) is 52.9 Å². The molecule has 1 N–H and O–H groups in total. The number of nitrogens with zero attached hydrogens (tertiary/aromatic N) is 2. The third-order valence-corrected chi connectivity index (χ3v) is 6.61. The Hall–Kier alpha value is -3.50. The summed E-state index contributed by atoms with van der Waals surface area (Å²) in [5.41, 5.74) is 2.66. The average molecular weight is 423 g/mol. The highest BCUT2D eigenvalue weighted by Crippen LogP contribution is 2.52. The molecule has 3 aromatic carbocycles. The van der Waals surface area contributed by atoms with Crippen molar-refractivity contribution in [2.24, 2.45) is 16.4 Å². The molecule has 1 aliphatic carbocycles. The fourth-order valence-electron chi connectivity index (χ4n) is 4.97. The van der Waals surface area contributed by atoms with Crippen LogP contribution in [0.3, 0.4) is 0 Å². The molecule has 4 heteroatoms. The van der Waals surface area contributed by atoms with E-state index in [9.17, 15) is 9.90 Å². The van der Waals surface area contributed by atoms with Crippen LogP contribution in [-0.2, 0) is 4.79 Å². The second kappa shape index (κ2) is 8.21. The molecule has 2 aliphatic rings. The van der Waals surface area contributed by atoms with Gasteiger partial charge in [0.25, 0.3) is 5.91 Å².